The van der Waals surface area contributed by atoms with E-state index in [0.29, 0.717) is 31.1 Å². The lowest BCUT2D eigenvalue weighted by atomic mass is 10.2. The van der Waals surface area contributed by atoms with Crippen LogP contribution in [-0.4, -0.2) is 30.9 Å². The Labute approximate surface area is 144 Å². The molecule has 0 atom stereocenters. The van der Waals surface area contributed by atoms with Gasteiger partial charge in [-0.1, -0.05) is 38.1 Å². The lowest BCUT2D eigenvalue weighted by Crippen LogP contribution is -2.30. The molecule has 2 aromatic rings. The minimum atomic E-state index is -3.40. The van der Waals surface area contributed by atoms with Gasteiger partial charge in [0.2, 0.25) is 10.0 Å². The molecule has 5 nitrogen and oxygen atoms in total. The predicted octanol–water partition coefficient (Wildman–Crippen LogP) is 2.71. The minimum Gasteiger partial charge on any atom is -0.508 e. The van der Waals surface area contributed by atoms with Crippen LogP contribution in [0.5, 0.6) is 5.75 Å². The average Bonchev–Trinajstić information content (AvgIpc) is 2.56. The lowest BCUT2D eigenvalue weighted by Gasteiger charge is -2.18. The number of nitrogens with zero attached hydrogens (tertiary/aromatic N) is 1. The number of phenols is 1. The Kier molecular flexibility index (Phi) is 6.36. The number of aromatic hydroxyl groups is 1. The van der Waals surface area contributed by atoms with E-state index in [4.69, 9.17) is 0 Å². The molecule has 2 rings (SSSR count). The molecule has 24 heavy (non-hydrogen) atoms. The summed E-state index contributed by atoms with van der Waals surface area (Å²) in [6.07, 6.45) is 0. The molecule has 0 fully saturated rings. The summed E-state index contributed by atoms with van der Waals surface area (Å²) < 4.78 is 26.3. The first-order valence-corrected chi connectivity index (χ1v) is 9.49. The highest BCUT2D eigenvalue weighted by atomic mass is 32.2. The van der Waals surface area contributed by atoms with Gasteiger partial charge in [0.15, 0.2) is 0 Å². The van der Waals surface area contributed by atoms with E-state index in [2.05, 4.69) is 5.32 Å². The van der Waals surface area contributed by atoms with Gasteiger partial charge in [0.25, 0.3) is 0 Å². The molecule has 0 aliphatic carbocycles. The van der Waals surface area contributed by atoms with Crippen molar-refractivity contribution in [1.29, 1.82) is 0 Å². The van der Waals surface area contributed by atoms with Crippen LogP contribution in [0.1, 0.15) is 25.0 Å². The Morgan fingerprint density at radius 3 is 2.17 bits per heavy atom. The SMILES string of the molecule is CCN(CC)S(=O)(=O)c1ccc(CNCc2cccc(O)c2)cc1. The molecule has 0 amide bonds. The van der Waals surface area contributed by atoms with E-state index in [9.17, 15) is 13.5 Å². The number of phenolic OH excluding ortho intramolecular Hbond substituents is 1. The van der Waals surface area contributed by atoms with Gasteiger partial charge in [-0.2, -0.15) is 4.31 Å². The first kappa shape index (κ1) is 18.4. The second kappa shape index (κ2) is 8.28. The molecule has 0 heterocycles. The van der Waals surface area contributed by atoms with Crippen LogP contribution in [0, 0.1) is 0 Å². The molecular formula is C18H24N2O3S. The zero-order valence-corrected chi connectivity index (χ0v) is 14.9. The molecule has 0 radical (unpaired) electrons. The zero-order chi connectivity index (χ0) is 17.6. The summed E-state index contributed by atoms with van der Waals surface area (Å²) in [4.78, 5) is 0.322. The molecule has 0 saturated heterocycles. The number of hydrogen-bond donors (Lipinski definition) is 2. The van der Waals surface area contributed by atoms with Gasteiger partial charge >= 0.3 is 0 Å². The summed E-state index contributed by atoms with van der Waals surface area (Å²) in [5, 5.41) is 12.7. The summed E-state index contributed by atoms with van der Waals surface area (Å²) in [6.45, 7) is 5.86. The van der Waals surface area contributed by atoms with Crippen LogP contribution in [0.25, 0.3) is 0 Å². The van der Waals surface area contributed by atoms with Gasteiger partial charge in [-0.05, 0) is 35.4 Å². The number of rotatable bonds is 8. The highest BCUT2D eigenvalue weighted by molar-refractivity contribution is 7.89. The maximum atomic E-state index is 12.4. The first-order valence-electron chi connectivity index (χ1n) is 8.05. The van der Waals surface area contributed by atoms with Crippen molar-refractivity contribution in [2.75, 3.05) is 13.1 Å². The fourth-order valence-electron chi connectivity index (χ4n) is 2.51. The lowest BCUT2D eigenvalue weighted by molar-refractivity contribution is 0.445. The van der Waals surface area contributed by atoms with Gasteiger partial charge in [-0.25, -0.2) is 8.42 Å². The summed E-state index contributed by atoms with van der Waals surface area (Å²) in [5.41, 5.74) is 2.00. The molecule has 2 N–H and O–H groups in total. The summed E-state index contributed by atoms with van der Waals surface area (Å²) in [6, 6.07) is 14.0. The maximum Gasteiger partial charge on any atom is 0.243 e. The van der Waals surface area contributed by atoms with Crippen molar-refractivity contribution in [2.24, 2.45) is 0 Å². The predicted molar refractivity (Wildman–Crippen MR) is 95.2 cm³/mol. The van der Waals surface area contributed by atoms with Crippen molar-refractivity contribution in [3.05, 3.63) is 59.7 Å². The number of hydrogen-bond acceptors (Lipinski definition) is 4. The highest BCUT2D eigenvalue weighted by Gasteiger charge is 2.20. The zero-order valence-electron chi connectivity index (χ0n) is 14.1. The van der Waals surface area contributed by atoms with Gasteiger partial charge in [0.1, 0.15) is 5.75 Å². The van der Waals surface area contributed by atoms with Crippen LogP contribution < -0.4 is 5.32 Å². The molecule has 0 unspecified atom stereocenters. The third-order valence-electron chi connectivity index (χ3n) is 3.84. The summed E-state index contributed by atoms with van der Waals surface area (Å²) >= 11 is 0. The van der Waals surface area contributed by atoms with Crippen molar-refractivity contribution in [3.63, 3.8) is 0 Å². The molecule has 0 aliphatic rings. The Bertz CT molecular complexity index is 754. The summed E-state index contributed by atoms with van der Waals surface area (Å²) in [7, 11) is -3.40. The average molecular weight is 348 g/mol. The molecule has 0 aliphatic heterocycles. The fraction of sp³-hybridized carbons (Fsp3) is 0.333. The third-order valence-corrected chi connectivity index (χ3v) is 5.90. The van der Waals surface area contributed by atoms with Gasteiger partial charge < -0.3 is 10.4 Å². The molecule has 0 saturated carbocycles. The second-order valence-electron chi connectivity index (χ2n) is 5.51. The van der Waals surface area contributed by atoms with E-state index in [1.165, 1.54) is 4.31 Å². The quantitative estimate of drug-likeness (QED) is 0.770. The topological polar surface area (TPSA) is 69.6 Å². The summed E-state index contributed by atoms with van der Waals surface area (Å²) in [5.74, 6) is 0.250. The van der Waals surface area contributed by atoms with Gasteiger partial charge in [-0.15, -0.1) is 0 Å². The Balaban J connectivity index is 1.97. The van der Waals surface area contributed by atoms with E-state index in [1.54, 1.807) is 30.3 Å². The molecule has 0 spiro atoms. The van der Waals surface area contributed by atoms with Crippen molar-refractivity contribution in [1.82, 2.24) is 9.62 Å². The first-order chi connectivity index (χ1) is 11.5. The number of sulfonamides is 1. The Morgan fingerprint density at radius 2 is 1.58 bits per heavy atom. The number of benzene rings is 2. The molecule has 0 bridgehead atoms. The van der Waals surface area contributed by atoms with E-state index in [1.807, 2.05) is 32.0 Å². The highest BCUT2D eigenvalue weighted by Crippen LogP contribution is 2.16. The van der Waals surface area contributed by atoms with Gasteiger partial charge in [0.05, 0.1) is 4.90 Å². The van der Waals surface area contributed by atoms with E-state index in [-0.39, 0.29) is 5.75 Å². The Hall–Kier alpha value is -1.89. The van der Waals surface area contributed by atoms with Crippen LogP contribution in [0.4, 0.5) is 0 Å². The van der Waals surface area contributed by atoms with Crippen molar-refractivity contribution in [3.8, 4) is 5.75 Å². The van der Waals surface area contributed by atoms with Crippen LogP contribution >= 0.6 is 0 Å². The largest absolute Gasteiger partial charge is 0.508 e. The normalized spacial score (nSPS) is 11.8. The van der Waals surface area contributed by atoms with E-state index < -0.39 is 10.0 Å². The van der Waals surface area contributed by atoms with E-state index >= 15 is 0 Å². The third kappa shape index (κ3) is 4.56. The molecular weight excluding hydrogens is 324 g/mol. The molecule has 130 valence electrons. The van der Waals surface area contributed by atoms with Gasteiger partial charge in [0, 0.05) is 26.2 Å². The number of nitrogens with one attached hydrogen (secondary N) is 1. The van der Waals surface area contributed by atoms with Crippen molar-refractivity contribution in [2.45, 2.75) is 31.8 Å². The molecule has 6 heteroatoms. The van der Waals surface area contributed by atoms with Gasteiger partial charge in [-0.3, -0.25) is 0 Å². The van der Waals surface area contributed by atoms with E-state index in [0.717, 1.165) is 11.1 Å². The minimum absolute atomic E-state index is 0.250. The maximum absolute atomic E-state index is 12.4. The standard InChI is InChI=1S/C18H24N2O3S/c1-3-20(4-2)24(22,23)18-10-8-15(9-11-18)13-19-14-16-6-5-7-17(21)12-16/h5-12,19,21H,3-4,13-14H2,1-2H3. The van der Waals surface area contributed by atoms with Crippen molar-refractivity contribution >= 4 is 10.0 Å². The second-order valence-corrected chi connectivity index (χ2v) is 7.44. The molecule has 0 aromatic heterocycles. The fourth-order valence-corrected chi connectivity index (χ4v) is 3.97. The monoisotopic (exact) mass is 348 g/mol. The van der Waals surface area contributed by atoms with Crippen molar-refractivity contribution < 1.29 is 13.5 Å². The van der Waals surface area contributed by atoms with Crippen LogP contribution in [0.3, 0.4) is 0 Å². The molecule has 2 aromatic carbocycles. The smallest absolute Gasteiger partial charge is 0.243 e. The van der Waals surface area contributed by atoms with Crippen LogP contribution in [0.2, 0.25) is 0 Å². The van der Waals surface area contributed by atoms with Crippen LogP contribution in [-0.2, 0) is 23.1 Å². The van der Waals surface area contributed by atoms with Crippen LogP contribution in [0.15, 0.2) is 53.4 Å². The Morgan fingerprint density at radius 1 is 0.958 bits per heavy atom.